The molecular formula is C17H19NO2. The van der Waals surface area contributed by atoms with Crippen molar-refractivity contribution in [2.75, 3.05) is 0 Å². The van der Waals surface area contributed by atoms with Gasteiger partial charge in [-0.2, -0.15) is 5.26 Å². The highest BCUT2D eigenvalue weighted by Gasteiger charge is 2.41. The molecule has 1 aromatic heterocycles. The van der Waals surface area contributed by atoms with Crippen molar-refractivity contribution in [1.29, 1.82) is 5.26 Å². The molecule has 1 saturated carbocycles. The molecule has 20 heavy (non-hydrogen) atoms. The minimum atomic E-state index is -0.835. The normalized spacial score (nSPS) is 20.2. The van der Waals surface area contributed by atoms with Crippen LogP contribution in [0.1, 0.15) is 50.4 Å². The van der Waals surface area contributed by atoms with E-state index in [-0.39, 0.29) is 0 Å². The van der Waals surface area contributed by atoms with E-state index in [1.165, 1.54) is 0 Å². The van der Waals surface area contributed by atoms with Crippen molar-refractivity contribution in [1.82, 2.24) is 0 Å². The van der Waals surface area contributed by atoms with Gasteiger partial charge in [0.1, 0.15) is 17.4 Å². The summed E-state index contributed by atoms with van der Waals surface area (Å²) < 4.78 is 5.75. The summed E-state index contributed by atoms with van der Waals surface area (Å²) in [4.78, 5) is 0. The molecule has 3 nitrogen and oxygen atoms in total. The lowest BCUT2D eigenvalue weighted by Crippen LogP contribution is -2.26. The Morgan fingerprint density at radius 1 is 1.15 bits per heavy atom. The number of rotatable bonds is 2. The van der Waals surface area contributed by atoms with Crippen molar-refractivity contribution in [3.63, 3.8) is 0 Å². The smallest absolute Gasteiger partial charge is 0.135 e. The molecule has 0 amide bonds. The maximum Gasteiger partial charge on any atom is 0.135 e. The minimum Gasteiger partial charge on any atom is -0.458 e. The van der Waals surface area contributed by atoms with Crippen molar-refractivity contribution in [3.05, 3.63) is 36.1 Å². The molecule has 0 radical (unpaired) electrons. The van der Waals surface area contributed by atoms with Crippen LogP contribution >= 0.6 is 0 Å². The lowest BCUT2D eigenvalue weighted by molar-refractivity contribution is 0.0350. The lowest BCUT2D eigenvalue weighted by Gasteiger charge is -2.29. The molecule has 3 heteroatoms. The maximum atomic E-state index is 10.7. The first kappa shape index (κ1) is 13.2. The van der Waals surface area contributed by atoms with E-state index in [4.69, 9.17) is 4.42 Å². The monoisotopic (exact) mass is 269 g/mol. The van der Waals surface area contributed by atoms with Crippen LogP contribution in [-0.4, -0.2) is 5.11 Å². The van der Waals surface area contributed by atoms with E-state index >= 15 is 0 Å². The lowest BCUT2D eigenvalue weighted by atomic mass is 9.76. The minimum absolute atomic E-state index is 0.523. The number of benzene rings is 1. The van der Waals surface area contributed by atoms with Gasteiger partial charge in [-0.15, -0.1) is 0 Å². The zero-order chi connectivity index (χ0) is 14.0. The van der Waals surface area contributed by atoms with Crippen molar-refractivity contribution < 1.29 is 9.52 Å². The average molecular weight is 269 g/mol. The van der Waals surface area contributed by atoms with Crippen molar-refractivity contribution >= 4 is 11.0 Å². The molecule has 2 aromatic rings. The van der Waals surface area contributed by atoms with E-state index in [1.54, 1.807) is 0 Å². The number of hydrogen-bond donors (Lipinski definition) is 1. The van der Waals surface area contributed by atoms with Gasteiger partial charge in [0.05, 0.1) is 11.5 Å². The molecule has 1 aliphatic rings. The quantitative estimate of drug-likeness (QED) is 0.825. The van der Waals surface area contributed by atoms with Crippen LogP contribution in [-0.2, 0) is 0 Å². The van der Waals surface area contributed by atoms with E-state index < -0.39 is 11.5 Å². The van der Waals surface area contributed by atoms with Crippen LogP contribution in [0, 0.1) is 16.7 Å². The van der Waals surface area contributed by atoms with E-state index in [1.807, 2.05) is 30.3 Å². The van der Waals surface area contributed by atoms with Crippen molar-refractivity contribution in [2.45, 2.75) is 44.6 Å². The Balaban J connectivity index is 1.96. The largest absolute Gasteiger partial charge is 0.458 e. The first-order valence-electron chi connectivity index (χ1n) is 7.33. The van der Waals surface area contributed by atoms with Gasteiger partial charge in [-0.25, -0.2) is 0 Å². The van der Waals surface area contributed by atoms with Crippen LogP contribution < -0.4 is 0 Å². The molecule has 1 aromatic carbocycles. The molecule has 1 aliphatic carbocycles. The molecular weight excluding hydrogens is 250 g/mol. The summed E-state index contributed by atoms with van der Waals surface area (Å²) >= 11 is 0. The number of aliphatic hydroxyl groups is 1. The number of nitrogens with zero attached hydrogens (tertiary/aromatic N) is 1. The number of hydrogen-bond acceptors (Lipinski definition) is 3. The number of para-hydroxylation sites is 1. The van der Waals surface area contributed by atoms with Gasteiger partial charge in [0, 0.05) is 5.39 Å². The number of fused-ring (bicyclic) bond motifs is 1. The van der Waals surface area contributed by atoms with Gasteiger partial charge >= 0.3 is 0 Å². The summed E-state index contributed by atoms with van der Waals surface area (Å²) in [5, 5.41) is 21.3. The van der Waals surface area contributed by atoms with Gasteiger partial charge in [0.25, 0.3) is 0 Å². The van der Waals surface area contributed by atoms with E-state index in [0.717, 1.165) is 49.5 Å². The van der Waals surface area contributed by atoms with Crippen molar-refractivity contribution in [2.24, 2.45) is 5.41 Å². The first-order valence-corrected chi connectivity index (χ1v) is 7.33. The molecule has 0 aliphatic heterocycles. The van der Waals surface area contributed by atoms with E-state index in [9.17, 15) is 10.4 Å². The van der Waals surface area contributed by atoms with Crippen LogP contribution in [0.25, 0.3) is 11.0 Å². The van der Waals surface area contributed by atoms with Gasteiger partial charge in [0.15, 0.2) is 0 Å². The molecule has 0 spiro atoms. The van der Waals surface area contributed by atoms with E-state index in [2.05, 4.69) is 6.07 Å². The van der Waals surface area contributed by atoms with Gasteiger partial charge in [0.2, 0.25) is 0 Å². The highest BCUT2D eigenvalue weighted by atomic mass is 16.4. The molecule has 1 atom stereocenters. The predicted molar refractivity (Wildman–Crippen MR) is 76.9 cm³/mol. The van der Waals surface area contributed by atoms with Gasteiger partial charge < -0.3 is 9.52 Å². The Labute approximate surface area is 118 Å². The average Bonchev–Trinajstić information content (AvgIpc) is 2.76. The third-order valence-corrected chi connectivity index (χ3v) is 4.46. The van der Waals surface area contributed by atoms with Gasteiger partial charge in [-0.3, -0.25) is 0 Å². The zero-order valence-electron chi connectivity index (χ0n) is 11.5. The third-order valence-electron chi connectivity index (χ3n) is 4.46. The fourth-order valence-electron chi connectivity index (χ4n) is 3.22. The third kappa shape index (κ3) is 2.21. The second-order valence-electron chi connectivity index (χ2n) is 5.77. The summed E-state index contributed by atoms with van der Waals surface area (Å²) in [7, 11) is 0. The van der Waals surface area contributed by atoms with Gasteiger partial charge in [-0.05, 0) is 25.0 Å². The SMILES string of the molecule is N#CC1(C(O)c2cc3ccccc3o2)CCCCCC1. The Bertz CT molecular complexity index is 597. The zero-order valence-corrected chi connectivity index (χ0v) is 11.5. The molecule has 1 fully saturated rings. The Hall–Kier alpha value is -1.79. The molecule has 1 N–H and O–H groups in total. The highest BCUT2D eigenvalue weighted by molar-refractivity contribution is 5.77. The Kier molecular flexibility index (Phi) is 3.50. The molecule has 0 bridgehead atoms. The topological polar surface area (TPSA) is 57.2 Å². The predicted octanol–water partition coefficient (Wildman–Crippen LogP) is 4.33. The summed E-state index contributed by atoms with van der Waals surface area (Å²) in [6, 6.07) is 12.0. The molecule has 104 valence electrons. The summed E-state index contributed by atoms with van der Waals surface area (Å²) in [5.41, 5.74) is 0.0768. The second-order valence-corrected chi connectivity index (χ2v) is 5.77. The highest BCUT2D eigenvalue weighted by Crippen LogP contribution is 2.45. The van der Waals surface area contributed by atoms with Gasteiger partial charge in [-0.1, -0.05) is 43.9 Å². The van der Waals surface area contributed by atoms with E-state index in [0.29, 0.717) is 5.76 Å². The Morgan fingerprint density at radius 3 is 2.50 bits per heavy atom. The molecule has 3 rings (SSSR count). The molecule has 1 heterocycles. The second kappa shape index (κ2) is 5.30. The number of furan rings is 1. The summed E-state index contributed by atoms with van der Waals surface area (Å²) in [5.74, 6) is 0.523. The van der Waals surface area contributed by atoms with Crippen LogP contribution in [0.15, 0.2) is 34.7 Å². The Morgan fingerprint density at radius 2 is 1.85 bits per heavy atom. The number of nitriles is 1. The van der Waals surface area contributed by atoms with Crippen LogP contribution in [0.4, 0.5) is 0 Å². The standard InChI is InChI=1S/C17H19NO2/c18-12-17(9-5-1-2-6-10-17)16(19)15-11-13-7-3-4-8-14(13)20-15/h3-4,7-8,11,16,19H,1-2,5-6,9-10H2. The summed E-state index contributed by atoms with van der Waals surface area (Å²) in [6.45, 7) is 0. The first-order chi connectivity index (χ1) is 9.75. The number of aliphatic hydroxyl groups excluding tert-OH is 1. The van der Waals surface area contributed by atoms with Crippen LogP contribution in [0.5, 0.6) is 0 Å². The van der Waals surface area contributed by atoms with Crippen LogP contribution in [0.3, 0.4) is 0 Å². The fraction of sp³-hybridized carbons (Fsp3) is 0.471. The maximum absolute atomic E-state index is 10.7. The summed E-state index contributed by atoms with van der Waals surface area (Å²) in [6.07, 6.45) is 4.98. The van der Waals surface area contributed by atoms with Crippen LogP contribution in [0.2, 0.25) is 0 Å². The fourth-order valence-corrected chi connectivity index (χ4v) is 3.22. The molecule has 0 saturated heterocycles. The van der Waals surface area contributed by atoms with Crippen molar-refractivity contribution in [3.8, 4) is 6.07 Å². The molecule has 1 unspecified atom stereocenters.